The zero-order chi connectivity index (χ0) is 13.9. The van der Waals surface area contributed by atoms with Crippen molar-refractivity contribution in [2.24, 2.45) is 17.3 Å². The van der Waals surface area contributed by atoms with Crippen LogP contribution in [-0.2, 0) is 0 Å². The van der Waals surface area contributed by atoms with Gasteiger partial charge in [-0.05, 0) is 23.7 Å². The summed E-state index contributed by atoms with van der Waals surface area (Å²) in [6, 6.07) is 0. The Morgan fingerprint density at radius 1 is 1.00 bits per heavy atom. The molecule has 0 heteroatoms. The molecule has 0 aromatic rings. The van der Waals surface area contributed by atoms with E-state index in [0.29, 0.717) is 5.41 Å². The van der Waals surface area contributed by atoms with Gasteiger partial charge in [0.05, 0.1) is 0 Å². The lowest BCUT2D eigenvalue weighted by molar-refractivity contribution is 0.101. The molecule has 1 aliphatic carbocycles. The fraction of sp³-hybridized carbons (Fsp3) is 0.882. The van der Waals surface area contributed by atoms with Crippen LogP contribution in [0.1, 0.15) is 80.1 Å². The van der Waals surface area contributed by atoms with E-state index in [1.165, 1.54) is 38.5 Å². The van der Waals surface area contributed by atoms with Crippen molar-refractivity contribution in [2.45, 2.75) is 80.1 Å². The van der Waals surface area contributed by atoms with Crippen molar-refractivity contribution in [1.82, 2.24) is 0 Å². The molecule has 0 spiro atoms. The molecule has 0 aliphatic heterocycles. The molecule has 0 aromatic heterocycles. The Morgan fingerprint density at radius 3 is 1.88 bits per heavy atom. The number of rotatable bonds is 2. The molecule has 1 aliphatic rings. The van der Waals surface area contributed by atoms with Gasteiger partial charge in [-0.3, -0.25) is 0 Å². The minimum absolute atomic E-state index is 0.542. The van der Waals surface area contributed by atoms with E-state index in [4.69, 9.17) is 0 Å². The third-order valence-electron chi connectivity index (χ3n) is 3.68. The highest BCUT2D eigenvalue weighted by atomic mass is 14.4. The van der Waals surface area contributed by atoms with Crippen LogP contribution >= 0.6 is 0 Å². The molecule has 1 fully saturated rings. The molecule has 1 saturated carbocycles. The van der Waals surface area contributed by atoms with Gasteiger partial charge in [-0.15, -0.1) is 12.8 Å². The first kappa shape index (κ1) is 18.9. The molecule has 102 valence electrons. The first-order chi connectivity index (χ1) is 8.05. The van der Waals surface area contributed by atoms with Gasteiger partial charge in [0.25, 0.3) is 0 Å². The summed E-state index contributed by atoms with van der Waals surface area (Å²) in [7, 11) is 0. The third kappa shape index (κ3) is 7.48. The molecule has 0 heterocycles. The normalized spacial score (nSPS) is 23.8. The average Bonchev–Trinajstić information content (AvgIpc) is 2.34. The zero-order valence-corrected chi connectivity index (χ0v) is 13.1. The lowest BCUT2D eigenvalue weighted by atomic mass is 9.65. The van der Waals surface area contributed by atoms with Gasteiger partial charge in [-0.1, -0.05) is 73.6 Å². The van der Waals surface area contributed by atoms with Gasteiger partial charge in [0.1, 0.15) is 0 Å². The maximum absolute atomic E-state index is 4.00. The predicted octanol–water partition coefficient (Wildman–Crippen LogP) is 5.91. The molecular formula is C17H34. The first-order valence-electron chi connectivity index (χ1n) is 7.39. The number of terminal acetylenes is 1. The summed E-state index contributed by atoms with van der Waals surface area (Å²) in [5.74, 6) is 2.01. The van der Waals surface area contributed by atoms with Crippen LogP contribution in [0.3, 0.4) is 0 Å². The molecule has 0 saturated heterocycles. The Kier molecular flexibility index (Phi) is 11.9. The first-order valence-corrected chi connectivity index (χ1v) is 7.39. The molecule has 0 N–H and O–H groups in total. The van der Waals surface area contributed by atoms with Gasteiger partial charge >= 0.3 is 0 Å². The molecular weight excluding hydrogens is 204 g/mol. The predicted molar refractivity (Wildman–Crippen MR) is 81.0 cm³/mol. The smallest absolute Gasteiger partial charge is 0.0337 e. The van der Waals surface area contributed by atoms with E-state index in [-0.39, 0.29) is 0 Å². The van der Waals surface area contributed by atoms with Crippen LogP contribution in [0.5, 0.6) is 0 Å². The van der Waals surface area contributed by atoms with E-state index in [1.54, 1.807) is 0 Å². The molecule has 0 bridgehead atoms. The van der Waals surface area contributed by atoms with Crippen molar-refractivity contribution in [3.05, 3.63) is 0 Å². The van der Waals surface area contributed by atoms with E-state index in [1.807, 2.05) is 13.8 Å². The summed E-state index contributed by atoms with van der Waals surface area (Å²) >= 11 is 0. The fourth-order valence-corrected chi connectivity index (χ4v) is 3.06. The Hall–Kier alpha value is -0.440. The quantitative estimate of drug-likeness (QED) is 0.524. The largest absolute Gasteiger partial charge is 0.124 e. The van der Waals surface area contributed by atoms with Gasteiger partial charge in [0.2, 0.25) is 0 Å². The van der Waals surface area contributed by atoms with Crippen LogP contribution in [0.15, 0.2) is 0 Å². The molecule has 0 amide bonds. The van der Waals surface area contributed by atoms with E-state index in [9.17, 15) is 0 Å². The van der Waals surface area contributed by atoms with E-state index in [2.05, 4.69) is 40.5 Å². The highest BCUT2D eigenvalue weighted by Gasteiger charge is 2.33. The maximum Gasteiger partial charge on any atom is -0.0337 e. The van der Waals surface area contributed by atoms with E-state index >= 15 is 0 Å². The molecule has 17 heavy (non-hydrogen) atoms. The lowest BCUT2D eigenvalue weighted by Gasteiger charge is -2.40. The average molecular weight is 238 g/mol. The van der Waals surface area contributed by atoms with Crippen molar-refractivity contribution in [1.29, 1.82) is 0 Å². The van der Waals surface area contributed by atoms with Gasteiger partial charge in [-0.2, -0.15) is 0 Å². The minimum atomic E-state index is 0.542. The zero-order valence-electron chi connectivity index (χ0n) is 13.1. The summed E-state index contributed by atoms with van der Waals surface area (Å²) < 4.78 is 0. The monoisotopic (exact) mass is 238 g/mol. The summed E-state index contributed by atoms with van der Waals surface area (Å²) in [6.07, 6.45) is 16.8. The maximum atomic E-state index is 4.00. The third-order valence-corrected chi connectivity index (χ3v) is 3.68. The highest BCUT2D eigenvalue weighted by molar-refractivity contribution is 4.83. The fourth-order valence-electron chi connectivity index (χ4n) is 3.06. The summed E-state index contributed by atoms with van der Waals surface area (Å²) in [6.45, 7) is 13.6. The Morgan fingerprint density at radius 2 is 1.47 bits per heavy atom. The summed E-state index contributed by atoms with van der Waals surface area (Å²) in [4.78, 5) is 0. The van der Waals surface area contributed by atoms with Crippen LogP contribution < -0.4 is 0 Å². The van der Waals surface area contributed by atoms with Gasteiger partial charge < -0.3 is 0 Å². The van der Waals surface area contributed by atoms with Crippen LogP contribution in [0, 0.1) is 30.1 Å². The van der Waals surface area contributed by atoms with E-state index in [0.717, 1.165) is 11.8 Å². The molecule has 2 unspecified atom stereocenters. The molecule has 1 rings (SSSR count). The molecule has 0 aromatic carbocycles. The van der Waals surface area contributed by atoms with Crippen molar-refractivity contribution in [3.8, 4) is 12.8 Å². The van der Waals surface area contributed by atoms with Crippen LogP contribution in [-0.4, -0.2) is 0 Å². The molecule has 0 nitrogen and oxygen atoms in total. The Bertz CT molecular complexity index is 168. The van der Waals surface area contributed by atoms with Crippen molar-refractivity contribution in [3.63, 3.8) is 0 Å². The Labute approximate surface area is 111 Å². The van der Waals surface area contributed by atoms with Crippen LogP contribution in [0.2, 0.25) is 0 Å². The summed E-state index contributed by atoms with van der Waals surface area (Å²) in [5, 5.41) is 0. The van der Waals surface area contributed by atoms with Crippen LogP contribution in [0.4, 0.5) is 0 Å². The van der Waals surface area contributed by atoms with E-state index < -0.39 is 0 Å². The second kappa shape index (κ2) is 10.7. The summed E-state index contributed by atoms with van der Waals surface area (Å²) in [5.41, 5.74) is 0.542. The van der Waals surface area contributed by atoms with Crippen molar-refractivity contribution in [2.75, 3.05) is 0 Å². The second-order valence-corrected chi connectivity index (χ2v) is 5.81. The highest BCUT2D eigenvalue weighted by Crippen LogP contribution is 2.43. The van der Waals surface area contributed by atoms with Crippen molar-refractivity contribution < 1.29 is 0 Å². The Balaban J connectivity index is 0. The van der Waals surface area contributed by atoms with Crippen molar-refractivity contribution >= 4 is 0 Å². The van der Waals surface area contributed by atoms with Gasteiger partial charge in [-0.25, -0.2) is 0 Å². The standard InChI is InChI=1S/C13H26.C2H6.C2H2/c1-5-8-11-9-6-7-10-12(11)13(2,3)4;2*1-2/h11-12H,5-10H2,1-4H3;1-2H3;1-2H. The molecule has 2 atom stereocenters. The second-order valence-electron chi connectivity index (χ2n) is 5.81. The molecule has 0 radical (unpaired) electrons. The van der Waals surface area contributed by atoms with Gasteiger partial charge in [0, 0.05) is 0 Å². The lowest BCUT2D eigenvalue weighted by Crippen LogP contribution is -2.30. The number of hydrogen-bond donors (Lipinski definition) is 0. The minimum Gasteiger partial charge on any atom is -0.124 e. The number of hydrogen-bond acceptors (Lipinski definition) is 0. The van der Waals surface area contributed by atoms with Gasteiger partial charge in [0.15, 0.2) is 0 Å². The topological polar surface area (TPSA) is 0 Å². The van der Waals surface area contributed by atoms with Crippen LogP contribution in [0.25, 0.3) is 0 Å². The SMILES string of the molecule is C#C.CC.CCCC1CCCCC1C(C)(C)C.